The molecule has 0 amide bonds. The van der Waals surface area contributed by atoms with E-state index in [1.54, 1.807) is 0 Å². The van der Waals surface area contributed by atoms with Crippen LogP contribution >= 0.6 is 0 Å². The number of nitrogens with zero attached hydrogens (tertiary/aromatic N) is 2. The molecular weight excluding hydrogens is 440 g/mol. The van der Waals surface area contributed by atoms with E-state index in [2.05, 4.69) is 123 Å². The van der Waals surface area contributed by atoms with Crippen LogP contribution in [0, 0.1) is 0 Å². The molecule has 0 saturated heterocycles. The molecule has 4 aromatic rings. The molecule has 1 aliphatic heterocycles. The summed E-state index contributed by atoms with van der Waals surface area (Å²) in [6.07, 6.45) is 5.31. The van der Waals surface area contributed by atoms with Crippen LogP contribution in [-0.4, -0.2) is 31.3 Å². The number of phenols is 1. The third-order valence-electron chi connectivity index (χ3n) is 7.94. The van der Waals surface area contributed by atoms with E-state index in [-0.39, 0.29) is 11.5 Å². The van der Waals surface area contributed by atoms with Crippen LogP contribution in [0.15, 0.2) is 91.0 Å². The summed E-state index contributed by atoms with van der Waals surface area (Å²) in [6.45, 7) is 8.51. The number of likely N-dealkylation sites (N-methyl/N-ethyl adjacent to an activating group) is 1. The van der Waals surface area contributed by atoms with Gasteiger partial charge < -0.3 is 14.9 Å². The minimum absolute atomic E-state index is 0.139. The van der Waals surface area contributed by atoms with Crippen molar-refractivity contribution in [1.29, 1.82) is 0 Å². The second kappa shape index (κ2) is 9.73. The molecule has 1 heterocycles. The number of benzene rings is 4. The van der Waals surface area contributed by atoms with E-state index in [1.165, 1.54) is 27.6 Å². The van der Waals surface area contributed by atoms with Gasteiger partial charge >= 0.3 is 0 Å². The van der Waals surface area contributed by atoms with Gasteiger partial charge in [0, 0.05) is 48.6 Å². The molecule has 3 nitrogen and oxygen atoms in total. The fraction of sp³-hybridized carbons (Fsp3) is 0.273. The van der Waals surface area contributed by atoms with Crippen molar-refractivity contribution >= 4 is 28.2 Å². The average molecular weight is 477 g/mol. The van der Waals surface area contributed by atoms with Gasteiger partial charge in [-0.2, -0.15) is 0 Å². The fourth-order valence-electron chi connectivity index (χ4n) is 6.09. The lowest BCUT2D eigenvalue weighted by molar-refractivity contribution is 0.442. The predicted molar refractivity (Wildman–Crippen MR) is 154 cm³/mol. The number of anilines is 2. The van der Waals surface area contributed by atoms with E-state index >= 15 is 0 Å². The number of phenolic OH excluding ortho intramolecular Hbond substituents is 1. The Labute approximate surface area is 215 Å². The molecule has 0 saturated carbocycles. The average Bonchev–Trinajstić information content (AvgIpc) is 3.11. The zero-order valence-electron chi connectivity index (χ0n) is 21.8. The lowest BCUT2D eigenvalue weighted by Crippen LogP contribution is -2.41. The molecule has 1 aliphatic rings. The van der Waals surface area contributed by atoms with Crippen molar-refractivity contribution in [3.8, 4) is 5.75 Å². The largest absolute Gasteiger partial charge is 0.507 e. The first-order valence-corrected chi connectivity index (χ1v) is 13.0. The Morgan fingerprint density at radius 2 is 1.64 bits per heavy atom. The normalized spacial score (nSPS) is 19.2. The number of fused-ring (bicyclic) bond motifs is 3. The minimum atomic E-state index is -0.139. The Morgan fingerprint density at radius 3 is 2.36 bits per heavy atom. The highest BCUT2D eigenvalue weighted by atomic mass is 16.3. The lowest BCUT2D eigenvalue weighted by Gasteiger charge is -2.34. The third kappa shape index (κ3) is 4.13. The van der Waals surface area contributed by atoms with E-state index in [9.17, 15) is 5.11 Å². The van der Waals surface area contributed by atoms with Gasteiger partial charge in [0.2, 0.25) is 0 Å². The molecule has 0 spiro atoms. The van der Waals surface area contributed by atoms with Crippen LogP contribution in [-0.2, 0) is 11.8 Å². The van der Waals surface area contributed by atoms with Gasteiger partial charge in [0.1, 0.15) is 5.75 Å². The van der Waals surface area contributed by atoms with Gasteiger partial charge in [0.05, 0.1) is 6.04 Å². The molecule has 0 aromatic heterocycles. The molecule has 0 fully saturated rings. The molecule has 3 heteroatoms. The minimum Gasteiger partial charge on any atom is -0.507 e. The first-order chi connectivity index (χ1) is 17.5. The molecule has 0 bridgehead atoms. The van der Waals surface area contributed by atoms with Crippen LogP contribution in [0.25, 0.3) is 16.8 Å². The van der Waals surface area contributed by atoms with E-state index in [0.29, 0.717) is 5.75 Å². The zero-order chi connectivity index (χ0) is 25.3. The van der Waals surface area contributed by atoms with Gasteiger partial charge in [-0.15, -0.1) is 0 Å². The van der Waals surface area contributed by atoms with Crippen LogP contribution in [0.3, 0.4) is 0 Å². The number of rotatable bonds is 7. The molecular formula is C33H36N2O. The van der Waals surface area contributed by atoms with Gasteiger partial charge in [-0.05, 0) is 60.4 Å². The van der Waals surface area contributed by atoms with Gasteiger partial charge in [0.25, 0.3) is 0 Å². The first-order valence-electron chi connectivity index (χ1n) is 13.0. The van der Waals surface area contributed by atoms with Crippen molar-refractivity contribution < 1.29 is 5.11 Å². The maximum Gasteiger partial charge on any atom is 0.124 e. The van der Waals surface area contributed by atoms with Crippen LogP contribution in [0.5, 0.6) is 5.75 Å². The molecule has 0 aliphatic carbocycles. The van der Waals surface area contributed by atoms with Crippen molar-refractivity contribution in [2.45, 2.75) is 38.6 Å². The van der Waals surface area contributed by atoms with Crippen molar-refractivity contribution in [3.05, 3.63) is 108 Å². The van der Waals surface area contributed by atoms with Crippen LogP contribution in [0.4, 0.5) is 11.4 Å². The molecule has 5 rings (SSSR count). The molecule has 36 heavy (non-hydrogen) atoms. The molecule has 2 unspecified atom stereocenters. The number of hydrogen-bond donors (Lipinski definition) is 1. The van der Waals surface area contributed by atoms with E-state index in [4.69, 9.17) is 0 Å². The standard InChI is InChI=1S/C33H36N2O/c1-5-35(6-2)27-19-16-26(30(36)22-27)18-21-31-33(3,23-24-12-8-7-9-13-24)32-28-15-11-10-14-25(28)17-20-29(32)34(31)4/h7-22,31,36H,5-6,23H2,1-4H3/b21-18+. The highest BCUT2D eigenvalue weighted by molar-refractivity contribution is 5.93. The maximum absolute atomic E-state index is 10.9. The maximum atomic E-state index is 10.9. The first kappa shape index (κ1) is 24.0. The summed E-state index contributed by atoms with van der Waals surface area (Å²) in [4.78, 5) is 4.65. The second-order valence-electron chi connectivity index (χ2n) is 10.1. The molecule has 0 radical (unpaired) electrons. The predicted octanol–water partition coefficient (Wildman–Crippen LogP) is 7.42. The smallest absolute Gasteiger partial charge is 0.124 e. The Bertz CT molecular complexity index is 1390. The summed E-state index contributed by atoms with van der Waals surface area (Å²) >= 11 is 0. The summed E-state index contributed by atoms with van der Waals surface area (Å²) < 4.78 is 0. The highest BCUT2D eigenvalue weighted by Crippen LogP contribution is 2.50. The van der Waals surface area contributed by atoms with Gasteiger partial charge in [-0.25, -0.2) is 0 Å². The van der Waals surface area contributed by atoms with Crippen molar-refractivity contribution in [2.24, 2.45) is 0 Å². The van der Waals surface area contributed by atoms with Crippen molar-refractivity contribution in [2.75, 3.05) is 29.9 Å². The summed E-state index contributed by atoms with van der Waals surface area (Å²) in [5.41, 5.74) is 5.78. The topological polar surface area (TPSA) is 26.7 Å². The van der Waals surface area contributed by atoms with E-state index in [1.807, 2.05) is 12.1 Å². The summed E-state index contributed by atoms with van der Waals surface area (Å²) in [5.74, 6) is 0.323. The van der Waals surface area contributed by atoms with Crippen molar-refractivity contribution in [1.82, 2.24) is 0 Å². The summed E-state index contributed by atoms with van der Waals surface area (Å²) in [5, 5.41) is 13.5. The number of aromatic hydroxyl groups is 1. The Kier molecular flexibility index (Phi) is 6.49. The summed E-state index contributed by atoms with van der Waals surface area (Å²) in [6, 6.07) is 30.2. The van der Waals surface area contributed by atoms with Crippen LogP contribution in [0.2, 0.25) is 0 Å². The van der Waals surface area contributed by atoms with Crippen LogP contribution in [0.1, 0.15) is 37.5 Å². The van der Waals surface area contributed by atoms with Gasteiger partial charge in [0.15, 0.2) is 0 Å². The molecule has 184 valence electrons. The van der Waals surface area contributed by atoms with E-state index < -0.39 is 0 Å². The van der Waals surface area contributed by atoms with Crippen molar-refractivity contribution in [3.63, 3.8) is 0 Å². The highest BCUT2D eigenvalue weighted by Gasteiger charge is 2.46. The van der Waals surface area contributed by atoms with Gasteiger partial charge in [-0.3, -0.25) is 0 Å². The number of hydrogen-bond acceptors (Lipinski definition) is 3. The Morgan fingerprint density at radius 1 is 0.917 bits per heavy atom. The molecule has 1 N–H and O–H groups in total. The zero-order valence-corrected chi connectivity index (χ0v) is 21.8. The van der Waals surface area contributed by atoms with Gasteiger partial charge in [-0.1, -0.05) is 79.7 Å². The lowest BCUT2D eigenvalue weighted by atomic mass is 9.72. The van der Waals surface area contributed by atoms with E-state index in [0.717, 1.165) is 30.8 Å². The summed E-state index contributed by atoms with van der Waals surface area (Å²) in [7, 11) is 2.20. The Balaban J connectivity index is 1.58. The Hall–Kier alpha value is -3.72. The van der Waals surface area contributed by atoms with Crippen LogP contribution < -0.4 is 9.80 Å². The second-order valence-corrected chi connectivity index (χ2v) is 10.1. The fourth-order valence-corrected chi connectivity index (χ4v) is 6.09. The SMILES string of the molecule is CCN(CC)c1ccc(/C=C/C2N(C)c3ccc4ccccc4c3C2(C)Cc2ccccc2)c(O)c1. The monoisotopic (exact) mass is 476 g/mol. The molecule has 4 aromatic carbocycles. The quantitative estimate of drug-likeness (QED) is 0.301. The third-order valence-corrected chi connectivity index (χ3v) is 7.94. The molecule has 2 atom stereocenters.